The fourth-order valence-electron chi connectivity index (χ4n) is 1.08. The van der Waals surface area contributed by atoms with Crippen molar-refractivity contribution in [2.75, 3.05) is 12.3 Å². The average Bonchev–Trinajstić information content (AvgIpc) is 2.58. The summed E-state index contributed by atoms with van der Waals surface area (Å²) in [6.07, 6.45) is 0. The number of nitrogens with two attached hydrogens (primary N) is 1. The van der Waals surface area contributed by atoms with Gasteiger partial charge in [0.15, 0.2) is 0 Å². The van der Waals surface area contributed by atoms with Crippen LogP contribution in [0.3, 0.4) is 0 Å². The molecule has 0 saturated heterocycles. The molecule has 8 nitrogen and oxygen atoms in total. The van der Waals surface area contributed by atoms with Gasteiger partial charge in [-0.1, -0.05) is 0 Å². The second kappa shape index (κ2) is 4.81. The number of hydrogen-bond donors (Lipinski definition) is 4. The first-order valence-electron chi connectivity index (χ1n) is 5.05. The molecule has 0 aliphatic heterocycles. The molecule has 8 heteroatoms. The molecule has 94 valence electrons. The molecule has 0 atom stereocenters. The molecule has 1 aromatic rings. The van der Waals surface area contributed by atoms with E-state index in [0.29, 0.717) is 0 Å². The Balaban J connectivity index is 2.41. The van der Waals surface area contributed by atoms with Crippen LogP contribution in [0.4, 0.5) is 5.95 Å². The van der Waals surface area contributed by atoms with Gasteiger partial charge >= 0.3 is 0 Å². The smallest absolute Gasteiger partial charge is 0.289 e. The number of H-pyrrole nitrogens is 1. The molecule has 0 aromatic carbocycles. The lowest BCUT2D eigenvalue weighted by Crippen LogP contribution is -2.45. The zero-order valence-electron chi connectivity index (χ0n) is 10.00. The predicted octanol–water partition coefficient (Wildman–Crippen LogP) is -0.969. The van der Waals surface area contributed by atoms with Crippen LogP contribution in [0.1, 0.15) is 31.4 Å². The number of nitrogen functional groups attached to an aromatic ring is 1. The number of carbonyl (C=O) groups is 2. The van der Waals surface area contributed by atoms with Crippen molar-refractivity contribution < 1.29 is 9.59 Å². The van der Waals surface area contributed by atoms with Crippen LogP contribution in [0.25, 0.3) is 0 Å². The zero-order valence-corrected chi connectivity index (χ0v) is 10.00. The number of aromatic amines is 1. The molecule has 1 aromatic heterocycles. The second-order valence-corrected chi connectivity index (χ2v) is 4.52. The maximum absolute atomic E-state index is 11.4. The van der Waals surface area contributed by atoms with Gasteiger partial charge in [-0.3, -0.25) is 14.7 Å². The number of nitrogens with one attached hydrogen (secondary N) is 3. The van der Waals surface area contributed by atoms with Crippen molar-refractivity contribution >= 4 is 17.8 Å². The van der Waals surface area contributed by atoms with Crippen LogP contribution in [0.5, 0.6) is 0 Å². The van der Waals surface area contributed by atoms with E-state index in [2.05, 4.69) is 25.8 Å². The highest BCUT2D eigenvalue weighted by Crippen LogP contribution is 1.97. The highest BCUT2D eigenvalue weighted by Gasteiger charge is 2.15. The Morgan fingerprint density at radius 2 is 2.06 bits per heavy atom. The summed E-state index contributed by atoms with van der Waals surface area (Å²) >= 11 is 0. The topological polar surface area (TPSA) is 126 Å². The summed E-state index contributed by atoms with van der Waals surface area (Å²) < 4.78 is 0. The van der Waals surface area contributed by atoms with Crippen LogP contribution in [0.2, 0.25) is 0 Å². The second-order valence-electron chi connectivity index (χ2n) is 4.52. The highest BCUT2D eigenvalue weighted by molar-refractivity contribution is 5.93. The molecule has 0 radical (unpaired) electrons. The van der Waals surface area contributed by atoms with E-state index in [4.69, 9.17) is 5.73 Å². The first kappa shape index (κ1) is 12.9. The van der Waals surface area contributed by atoms with E-state index >= 15 is 0 Å². The molecule has 0 unspecified atom stereocenters. The van der Waals surface area contributed by atoms with Gasteiger partial charge < -0.3 is 16.4 Å². The van der Waals surface area contributed by atoms with E-state index in [9.17, 15) is 9.59 Å². The Labute approximate surface area is 98.4 Å². The molecular weight excluding hydrogens is 224 g/mol. The minimum absolute atomic E-state index is 0.0192. The van der Waals surface area contributed by atoms with Crippen LogP contribution in [0.15, 0.2) is 0 Å². The molecule has 0 aliphatic rings. The minimum Gasteiger partial charge on any atom is -0.366 e. The normalized spacial score (nSPS) is 11.0. The van der Waals surface area contributed by atoms with Crippen molar-refractivity contribution in [2.24, 2.45) is 0 Å². The van der Waals surface area contributed by atoms with Gasteiger partial charge in [0.1, 0.15) is 0 Å². The van der Waals surface area contributed by atoms with Crippen LogP contribution < -0.4 is 16.4 Å². The van der Waals surface area contributed by atoms with E-state index < -0.39 is 5.91 Å². The summed E-state index contributed by atoms with van der Waals surface area (Å²) in [5.74, 6) is -0.850. The SMILES string of the molecule is CC(C)(C)NC(=O)CNC(=O)c1nc(N)n[nH]1. The van der Waals surface area contributed by atoms with Gasteiger partial charge in [-0.05, 0) is 20.8 Å². The van der Waals surface area contributed by atoms with Gasteiger partial charge in [0.25, 0.3) is 5.91 Å². The Morgan fingerprint density at radius 1 is 1.41 bits per heavy atom. The summed E-state index contributed by atoms with van der Waals surface area (Å²) in [5.41, 5.74) is 4.91. The number of rotatable bonds is 3. The Morgan fingerprint density at radius 3 is 2.53 bits per heavy atom. The lowest BCUT2D eigenvalue weighted by Gasteiger charge is -2.20. The lowest BCUT2D eigenvalue weighted by atomic mass is 10.1. The van der Waals surface area contributed by atoms with Gasteiger partial charge in [0.05, 0.1) is 6.54 Å². The Bertz CT molecular complexity index is 419. The molecule has 0 aliphatic carbocycles. The first-order chi connectivity index (χ1) is 7.78. The van der Waals surface area contributed by atoms with Crippen molar-refractivity contribution in [2.45, 2.75) is 26.3 Å². The van der Waals surface area contributed by atoms with Gasteiger partial charge in [0, 0.05) is 5.54 Å². The molecular formula is C9H16N6O2. The summed E-state index contributed by atoms with van der Waals surface area (Å²) in [4.78, 5) is 26.5. The van der Waals surface area contributed by atoms with Crippen LogP contribution in [0, 0.1) is 0 Å². The number of carbonyl (C=O) groups excluding carboxylic acids is 2. The highest BCUT2D eigenvalue weighted by atomic mass is 16.2. The molecule has 0 bridgehead atoms. The molecule has 2 amide bonds. The van der Waals surface area contributed by atoms with Crippen molar-refractivity contribution in [1.82, 2.24) is 25.8 Å². The van der Waals surface area contributed by atoms with Crippen LogP contribution in [-0.4, -0.2) is 39.1 Å². The molecule has 17 heavy (non-hydrogen) atoms. The summed E-state index contributed by atoms with van der Waals surface area (Å²) in [5, 5.41) is 11.0. The van der Waals surface area contributed by atoms with E-state index in [1.54, 1.807) is 0 Å². The number of nitrogens with zero attached hydrogens (tertiary/aromatic N) is 2. The van der Waals surface area contributed by atoms with Gasteiger partial charge in [-0.15, -0.1) is 5.10 Å². The third-order valence-corrected chi connectivity index (χ3v) is 1.64. The fraction of sp³-hybridized carbons (Fsp3) is 0.556. The molecule has 5 N–H and O–H groups in total. The number of anilines is 1. The van der Waals surface area contributed by atoms with Gasteiger partial charge in [-0.25, -0.2) is 0 Å². The maximum atomic E-state index is 11.4. The van der Waals surface area contributed by atoms with Gasteiger partial charge in [-0.2, -0.15) is 4.98 Å². The largest absolute Gasteiger partial charge is 0.366 e. The summed E-state index contributed by atoms with van der Waals surface area (Å²) in [7, 11) is 0. The molecule has 0 spiro atoms. The lowest BCUT2D eigenvalue weighted by molar-refractivity contribution is -0.121. The monoisotopic (exact) mass is 240 g/mol. The summed E-state index contributed by atoms with van der Waals surface area (Å²) in [6.45, 7) is 5.42. The van der Waals surface area contributed by atoms with Crippen molar-refractivity contribution in [3.63, 3.8) is 0 Å². The van der Waals surface area contributed by atoms with Crippen LogP contribution >= 0.6 is 0 Å². The maximum Gasteiger partial charge on any atom is 0.289 e. The van der Waals surface area contributed by atoms with E-state index in [1.165, 1.54) is 0 Å². The number of amides is 2. The average molecular weight is 240 g/mol. The van der Waals surface area contributed by atoms with Crippen LogP contribution in [-0.2, 0) is 4.79 Å². The zero-order chi connectivity index (χ0) is 13.1. The first-order valence-corrected chi connectivity index (χ1v) is 5.05. The van der Waals surface area contributed by atoms with Crippen molar-refractivity contribution in [1.29, 1.82) is 0 Å². The quantitative estimate of drug-likeness (QED) is 0.541. The third kappa shape index (κ3) is 4.49. The number of hydrogen-bond acceptors (Lipinski definition) is 5. The number of aromatic nitrogens is 3. The molecule has 0 saturated carbocycles. The predicted molar refractivity (Wildman–Crippen MR) is 61.0 cm³/mol. The fourth-order valence-corrected chi connectivity index (χ4v) is 1.08. The summed E-state index contributed by atoms with van der Waals surface area (Å²) in [6, 6.07) is 0. The van der Waals surface area contributed by atoms with E-state index in [-0.39, 0.29) is 29.8 Å². The van der Waals surface area contributed by atoms with Gasteiger partial charge in [0.2, 0.25) is 17.7 Å². The minimum atomic E-state index is -0.529. The van der Waals surface area contributed by atoms with E-state index in [0.717, 1.165) is 0 Å². The van der Waals surface area contributed by atoms with Crippen molar-refractivity contribution in [3.8, 4) is 0 Å². The molecule has 1 rings (SSSR count). The van der Waals surface area contributed by atoms with Crippen molar-refractivity contribution in [3.05, 3.63) is 5.82 Å². The Kier molecular flexibility index (Phi) is 3.66. The standard InChI is InChI=1S/C9H16N6O2/c1-9(2,3)13-5(16)4-11-7(17)6-12-8(10)15-14-6/h4H2,1-3H3,(H,11,17)(H,13,16)(H3,10,12,14,15). The van der Waals surface area contributed by atoms with E-state index in [1.807, 2.05) is 20.8 Å². The Hall–Kier alpha value is -2.12. The molecule has 1 heterocycles. The molecule has 0 fully saturated rings. The third-order valence-electron chi connectivity index (χ3n) is 1.64.